The van der Waals surface area contributed by atoms with Crippen molar-refractivity contribution in [3.63, 3.8) is 0 Å². The van der Waals surface area contributed by atoms with Gasteiger partial charge in [-0.05, 0) is 139 Å². The quantitative estimate of drug-likeness (QED) is 0.175. The van der Waals surface area contributed by atoms with E-state index in [2.05, 4.69) is 216 Å². The molecule has 0 N–H and O–H groups in total. The van der Waals surface area contributed by atoms with E-state index in [-0.39, 0.29) is 21.7 Å². The Balaban J connectivity index is 1.48. The molecule has 8 aromatic rings. The van der Waals surface area contributed by atoms with Gasteiger partial charge in [0.05, 0.1) is 16.6 Å². The number of thiol groups is 1. The fraction of sp³-hybridized carbons (Fsp3) is 0.298. The number of rotatable bonds is 5. The van der Waals surface area contributed by atoms with E-state index >= 15 is 0 Å². The van der Waals surface area contributed by atoms with Gasteiger partial charge in [0.25, 0.3) is 0 Å². The van der Waals surface area contributed by atoms with Crippen LogP contribution in [-0.4, -0.2) is 14.5 Å². The maximum atomic E-state index is 5.75. The van der Waals surface area contributed by atoms with Crippen molar-refractivity contribution < 1.29 is 0 Å². The predicted octanol–water partition coefficient (Wildman–Crippen LogP) is 16.0. The molecule has 8 rings (SSSR count). The van der Waals surface area contributed by atoms with Crippen LogP contribution in [0.3, 0.4) is 0 Å². The molecule has 0 fully saturated rings. The van der Waals surface area contributed by atoms with Gasteiger partial charge in [-0.25, -0.2) is 4.98 Å². The number of fused-ring (bicyclic) bond motifs is 2. The van der Waals surface area contributed by atoms with E-state index in [4.69, 9.17) is 22.6 Å². The molecular weight excluding hydrogens is 759 g/mol. The summed E-state index contributed by atoms with van der Waals surface area (Å²) in [5.41, 5.74) is 17.8. The normalized spacial score (nSPS) is 12.8. The number of imidazole rings is 1. The summed E-state index contributed by atoms with van der Waals surface area (Å²) < 4.78 is 2.36. The first-order chi connectivity index (χ1) is 28.6. The summed E-state index contributed by atoms with van der Waals surface area (Å²) in [6.07, 6.45) is 1.99. The van der Waals surface area contributed by atoms with Gasteiger partial charge in [-0.1, -0.05) is 144 Å². The van der Waals surface area contributed by atoms with Crippen molar-refractivity contribution in [2.24, 2.45) is 0 Å². The Hall–Kier alpha value is -5.45. The predicted molar refractivity (Wildman–Crippen MR) is 265 cm³/mol. The molecule has 4 heteroatoms. The summed E-state index contributed by atoms with van der Waals surface area (Å²) >= 11 is 5.33. The van der Waals surface area contributed by atoms with Crippen LogP contribution in [0.5, 0.6) is 0 Å². The summed E-state index contributed by atoms with van der Waals surface area (Å²) in [6.45, 7) is 29.5. The van der Waals surface area contributed by atoms with Crippen molar-refractivity contribution in [1.29, 1.82) is 0 Å². The van der Waals surface area contributed by atoms with E-state index < -0.39 is 0 Å². The van der Waals surface area contributed by atoms with E-state index in [0.29, 0.717) is 0 Å². The first-order valence-electron chi connectivity index (χ1n) is 21.7. The van der Waals surface area contributed by atoms with Crippen LogP contribution in [0.15, 0.2) is 132 Å². The molecule has 0 spiro atoms. The van der Waals surface area contributed by atoms with Crippen molar-refractivity contribution in [1.82, 2.24) is 14.5 Å². The lowest BCUT2D eigenvalue weighted by Crippen LogP contribution is -2.17. The molecule has 2 aromatic heterocycles. The van der Waals surface area contributed by atoms with Gasteiger partial charge in [0, 0.05) is 38.9 Å². The minimum Gasteiger partial charge on any atom is -0.292 e. The summed E-state index contributed by atoms with van der Waals surface area (Å²) in [6, 6.07) is 45.0. The van der Waals surface area contributed by atoms with Gasteiger partial charge in [0.1, 0.15) is 5.82 Å². The highest BCUT2D eigenvalue weighted by molar-refractivity contribution is 7.80. The third-order valence-electron chi connectivity index (χ3n) is 12.1. The van der Waals surface area contributed by atoms with Crippen LogP contribution in [0.1, 0.15) is 111 Å². The Kier molecular flexibility index (Phi) is 10.5. The second kappa shape index (κ2) is 15.2. The molecule has 310 valence electrons. The van der Waals surface area contributed by atoms with Crippen LogP contribution in [-0.2, 0) is 21.7 Å². The second-order valence-corrected chi connectivity index (χ2v) is 21.6. The summed E-state index contributed by atoms with van der Waals surface area (Å²) in [5, 5.41) is 1.15. The van der Waals surface area contributed by atoms with Gasteiger partial charge in [-0.3, -0.25) is 9.55 Å². The van der Waals surface area contributed by atoms with Gasteiger partial charge >= 0.3 is 0 Å². The average Bonchev–Trinajstić information content (AvgIpc) is 3.59. The smallest absolute Gasteiger partial charge is 0.145 e. The number of benzene rings is 6. The highest BCUT2D eigenvalue weighted by atomic mass is 32.1. The van der Waals surface area contributed by atoms with Gasteiger partial charge in [-0.15, -0.1) is 12.6 Å². The van der Waals surface area contributed by atoms with Crippen molar-refractivity contribution in [3.05, 3.63) is 155 Å². The van der Waals surface area contributed by atoms with Crippen LogP contribution in [0.25, 0.3) is 72.4 Å². The Morgan fingerprint density at radius 2 is 1.08 bits per heavy atom. The fourth-order valence-electron chi connectivity index (χ4n) is 8.45. The zero-order valence-corrected chi connectivity index (χ0v) is 39.3. The standard InChI is InChI=1S/C57H61N3S/c1-35-26-39-30-42(55(5,6)7)31-46(50(39)58-34-35)38-27-37(36-18-15-14-16-19-36)28-40(29-38)53-59-51-45(47-32-43(56(8,9)10)33-48(52(47)61)57(11,12)13)20-17-21-49(51)60(53)44-24-22-41(23-25-44)54(2,3)4/h14-34,61H,1-13H3. The Morgan fingerprint density at radius 1 is 0.475 bits per heavy atom. The fourth-order valence-corrected chi connectivity index (χ4v) is 9.03. The number of pyridine rings is 1. The molecule has 0 radical (unpaired) electrons. The Labute approximate surface area is 369 Å². The molecule has 0 aliphatic carbocycles. The van der Waals surface area contributed by atoms with Gasteiger partial charge in [-0.2, -0.15) is 0 Å². The van der Waals surface area contributed by atoms with Crippen LogP contribution in [0.4, 0.5) is 0 Å². The van der Waals surface area contributed by atoms with E-state index in [0.717, 1.165) is 82.9 Å². The number of aromatic nitrogens is 3. The lowest BCUT2D eigenvalue weighted by Gasteiger charge is -2.28. The van der Waals surface area contributed by atoms with Gasteiger partial charge in [0.15, 0.2) is 0 Å². The molecule has 6 aromatic carbocycles. The number of para-hydroxylation sites is 1. The zero-order valence-electron chi connectivity index (χ0n) is 38.4. The zero-order chi connectivity index (χ0) is 43.8. The maximum Gasteiger partial charge on any atom is 0.145 e. The molecule has 0 aliphatic rings. The molecule has 0 bridgehead atoms. The SMILES string of the molecule is Cc1cnc2c(-c3cc(-c4ccccc4)cc(-c4nc5c(-c6cc(C(C)(C)C)cc(C(C)(C)C)c6S)cccc5n4-c4ccc(C(C)(C)C)cc4)c3)cc(C(C)(C)C)cc2c1. The molecule has 0 saturated heterocycles. The number of aryl methyl sites for hydroxylation is 1. The molecule has 3 nitrogen and oxygen atoms in total. The van der Waals surface area contributed by atoms with Crippen molar-refractivity contribution in [2.75, 3.05) is 0 Å². The topological polar surface area (TPSA) is 30.7 Å². The van der Waals surface area contributed by atoms with Gasteiger partial charge in [0.2, 0.25) is 0 Å². The minimum atomic E-state index is -0.101. The molecule has 0 unspecified atom stereocenters. The molecule has 2 heterocycles. The summed E-state index contributed by atoms with van der Waals surface area (Å²) in [5.74, 6) is 0.883. The summed E-state index contributed by atoms with van der Waals surface area (Å²) in [4.78, 5) is 11.8. The van der Waals surface area contributed by atoms with Crippen molar-refractivity contribution >= 4 is 34.6 Å². The third kappa shape index (κ3) is 8.20. The largest absolute Gasteiger partial charge is 0.292 e. The number of hydrogen-bond acceptors (Lipinski definition) is 3. The monoisotopic (exact) mass is 819 g/mol. The third-order valence-corrected chi connectivity index (χ3v) is 12.6. The number of hydrogen-bond donors (Lipinski definition) is 1. The first-order valence-corrected chi connectivity index (χ1v) is 22.2. The van der Waals surface area contributed by atoms with Crippen LogP contribution >= 0.6 is 12.6 Å². The summed E-state index contributed by atoms with van der Waals surface area (Å²) in [7, 11) is 0. The molecular formula is C57H61N3S. The maximum absolute atomic E-state index is 5.75. The van der Waals surface area contributed by atoms with E-state index in [1.807, 2.05) is 6.20 Å². The Bertz CT molecular complexity index is 2940. The van der Waals surface area contributed by atoms with E-state index in [1.165, 1.54) is 22.3 Å². The molecule has 0 atom stereocenters. The lowest BCUT2D eigenvalue weighted by molar-refractivity contribution is 0.560. The highest BCUT2D eigenvalue weighted by Gasteiger charge is 2.27. The Morgan fingerprint density at radius 3 is 1.72 bits per heavy atom. The van der Waals surface area contributed by atoms with E-state index in [1.54, 1.807) is 0 Å². The van der Waals surface area contributed by atoms with Gasteiger partial charge < -0.3 is 0 Å². The van der Waals surface area contributed by atoms with Crippen molar-refractivity contribution in [3.8, 4) is 50.5 Å². The van der Waals surface area contributed by atoms with E-state index in [9.17, 15) is 0 Å². The average molecular weight is 820 g/mol. The molecule has 0 saturated carbocycles. The van der Waals surface area contributed by atoms with Crippen LogP contribution in [0, 0.1) is 6.92 Å². The van der Waals surface area contributed by atoms with Crippen LogP contribution < -0.4 is 0 Å². The lowest BCUT2D eigenvalue weighted by atomic mass is 9.78. The molecule has 0 amide bonds. The molecule has 61 heavy (non-hydrogen) atoms. The molecule has 0 aliphatic heterocycles. The van der Waals surface area contributed by atoms with Crippen molar-refractivity contribution in [2.45, 2.75) is 117 Å². The minimum absolute atomic E-state index is 0.0210. The second-order valence-electron chi connectivity index (χ2n) is 21.2. The van der Waals surface area contributed by atoms with Crippen LogP contribution in [0.2, 0.25) is 0 Å². The first kappa shape index (κ1) is 42.2. The number of nitrogens with zero attached hydrogens (tertiary/aromatic N) is 3. The highest BCUT2D eigenvalue weighted by Crippen LogP contribution is 2.44.